The van der Waals surface area contributed by atoms with Crippen LogP contribution in [0.2, 0.25) is 5.02 Å². The van der Waals surface area contributed by atoms with Crippen LogP contribution in [-0.2, 0) is 6.54 Å². The molecule has 0 aromatic carbocycles. The first-order chi connectivity index (χ1) is 9.06. The fourth-order valence-corrected chi connectivity index (χ4v) is 1.87. The van der Waals surface area contributed by atoms with Gasteiger partial charge in [-0.05, 0) is 13.0 Å². The van der Waals surface area contributed by atoms with Gasteiger partial charge in [0.2, 0.25) is 0 Å². The molecule has 0 radical (unpaired) electrons. The zero-order valence-electron chi connectivity index (χ0n) is 10.2. The topological polar surface area (TPSA) is 80.0 Å². The van der Waals surface area contributed by atoms with Crippen LogP contribution in [0, 0.1) is 0 Å². The van der Waals surface area contributed by atoms with Gasteiger partial charge < -0.3 is 15.0 Å². The minimum Gasteiger partial charge on any atom is -0.478 e. The molecule has 1 atom stereocenters. The van der Waals surface area contributed by atoms with Crippen LogP contribution in [-0.4, -0.2) is 31.7 Å². The molecule has 0 saturated carbocycles. The molecule has 0 aliphatic carbocycles. The molecule has 0 aliphatic heterocycles. The monoisotopic (exact) mass is 280 g/mol. The van der Waals surface area contributed by atoms with Crippen molar-refractivity contribution in [2.24, 2.45) is 0 Å². The Morgan fingerprint density at radius 3 is 3.00 bits per heavy atom. The van der Waals surface area contributed by atoms with E-state index in [1.807, 2.05) is 17.7 Å². The largest absolute Gasteiger partial charge is 0.478 e. The van der Waals surface area contributed by atoms with Gasteiger partial charge in [0.15, 0.2) is 0 Å². The average molecular weight is 281 g/mol. The second-order valence-corrected chi connectivity index (χ2v) is 4.57. The number of nitrogens with zero attached hydrogens (tertiary/aromatic N) is 3. The number of aromatic carboxylic acids is 1. The Bertz CT molecular complexity index is 571. The third-order valence-electron chi connectivity index (χ3n) is 2.52. The lowest BCUT2D eigenvalue weighted by atomic mass is 10.2. The van der Waals surface area contributed by atoms with Crippen molar-refractivity contribution in [1.29, 1.82) is 0 Å². The maximum absolute atomic E-state index is 10.8. The van der Waals surface area contributed by atoms with E-state index in [2.05, 4.69) is 15.3 Å². The van der Waals surface area contributed by atoms with Crippen molar-refractivity contribution in [1.82, 2.24) is 14.5 Å². The van der Waals surface area contributed by atoms with E-state index in [1.54, 1.807) is 12.5 Å². The van der Waals surface area contributed by atoms with Crippen LogP contribution in [0.5, 0.6) is 0 Å². The molecule has 2 N–H and O–H groups in total. The van der Waals surface area contributed by atoms with Crippen LogP contribution in [0.25, 0.3) is 0 Å². The molecule has 6 nitrogen and oxygen atoms in total. The van der Waals surface area contributed by atoms with Crippen molar-refractivity contribution >= 4 is 23.4 Å². The highest BCUT2D eigenvalue weighted by molar-refractivity contribution is 6.33. The minimum absolute atomic E-state index is 0.0674. The van der Waals surface area contributed by atoms with E-state index in [1.165, 1.54) is 12.3 Å². The molecule has 19 heavy (non-hydrogen) atoms. The van der Waals surface area contributed by atoms with E-state index in [-0.39, 0.29) is 16.6 Å². The van der Waals surface area contributed by atoms with Crippen LogP contribution in [0.3, 0.4) is 0 Å². The molecule has 2 aromatic rings. The highest BCUT2D eigenvalue weighted by Crippen LogP contribution is 2.21. The summed E-state index contributed by atoms with van der Waals surface area (Å²) in [5.41, 5.74) is 0.0674. The van der Waals surface area contributed by atoms with Gasteiger partial charge in [0, 0.05) is 31.2 Å². The van der Waals surface area contributed by atoms with E-state index in [9.17, 15) is 4.79 Å². The SMILES string of the molecule is CC(Cn1ccnc1)Nc1ncc(C(=O)O)cc1Cl. The summed E-state index contributed by atoms with van der Waals surface area (Å²) in [4.78, 5) is 18.7. The zero-order valence-corrected chi connectivity index (χ0v) is 11.0. The number of rotatable bonds is 5. The molecule has 2 heterocycles. The molecule has 1 unspecified atom stereocenters. The second kappa shape index (κ2) is 5.71. The number of anilines is 1. The molecule has 2 aromatic heterocycles. The van der Waals surface area contributed by atoms with Gasteiger partial charge in [-0.1, -0.05) is 11.6 Å². The third-order valence-corrected chi connectivity index (χ3v) is 2.80. The molecule has 2 rings (SSSR count). The number of halogens is 1. The number of aromatic nitrogens is 3. The molecular weight excluding hydrogens is 268 g/mol. The number of carboxylic acids is 1. The van der Waals surface area contributed by atoms with Crippen molar-refractivity contribution in [2.45, 2.75) is 19.5 Å². The maximum atomic E-state index is 10.8. The number of carboxylic acid groups (broad SMARTS) is 1. The van der Waals surface area contributed by atoms with Crippen LogP contribution >= 0.6 is 11.6 Å². The fraction of sp³-hybridized carbons (Fsp3) is 0.250. The van der Waals surface area contributed by atoms with Crippen molar-refractivity contribution in [3.05, 3.63) is 41.6 Å². The highest BCUT2D eigenvalue weighted by atomic mass is 35.5. The molecule has 0 fully saturated rings. The van der Waals surface area contributed by atoms with E-state index >= 15 is 0 Å². The van der Waals surface area contributed by atoms with Crippen LogP contribution < -0.4 is 5.32 Å². The van der Waals surface area contributed by atoms with Gasteiger partial charge in [-0.25, -0.2) is 14.8 Å². The summed E-state index contributed by atoms with van der Waals surface area (Å²) >= 11 is 5.99. The van der Waals surface area contributed by atoms with E-state index in [0.29, 0.717) is 12.4 Å². The quantitative estimate of drug-likeness (QED) is 0.877. The Balaban J connectivity index is 2.04. The molecule has 0 saturated heterocycles. The first kappa shape index (κ1) is 13.4. The summed E-state index contributed by atoms with van der Waals surface area (Å²) in [7, 11) is 0. The smallest absolute Gasteiger partial charge is 0.337 e. The predicted molar refractivity (Wildman–Crippen MR) is 71.5 cm³/mol. The first-order valence-corrected chi connectivity index (χ1v) is 6.05. The lowest BCUT2D eigenvalue weighted by Gasteiger charge is -2.16. The normalized spacial score (nSPS) is 12.1. The molecule has 0 amide bonds. The minimum atomic E-state index is -1.05. The number of nitrogens with one attached hydrogen (secondary N) is 1. The molecule has 100 valence electrons. The Kier molecular flexibility index (Phi) is 4.01. The molecule has 0 aliphatic rings. The first-order valence-electron chi connectivity index (χ1n) is 5.67. The van der Waals surface area contributed by atoms with Crippen LogP contribution in [0.15, 0.2) is 31.0 Å². The number of hydrogen-bond acceptors (Lipinski definition) is 4. The van der Waals surface area contributed by atoms with Crippen molar-refractivity contribution < 1.29 is 9.90 Å². The van der Waals surface area contributed by atoms with E-state index in [4.69, 9.17) is 16.7 Å². The lowest BCUT2D eigenvalue weighted by Crippen LogP contribution is -2.22. The lowest BCUT2D eigenvalue weighted by molar-refractivity contribution is 0.0696. The second-order valence-electron chi connectivity index (χ2n) is 4.16. The highest BCUT2D eigenvalue weighted by Gasteiger charge is 2.10. The van der Waals surface area contributed by atoms with Gasteiger partial charge in [-0.2, -0.15) is 0 Å². The summed E-state index contributed by atoms with van der Waals surface area (Å²) in [6.07, 6.45) is 6.57. The van der Waals surface area contributed by atoms with Crippen molar-refractivity contribution in [3.8, 4) is 0 Å². The van der Waals surface area contributed by atoms with Crippen molar-refractivity contribution in [2.75, 3.05) is 5.32 Å². The van der Waals surface area contributed by atoms with Gasteiger partial charge in [0.1, 0.15) is 5.82 Å². The number of carbonyl (C=O) groups is 1. The Hall–Kier alpha value is -2.08. The van der Waals surface area contributed by atoms with E-state index < -0.39 is 5.97 Å². The van der Waals surface area contributed by atoms with Crippen LogP contribution in [0.4, 0.5) is 5.82 Å². The summed E-state index contributed by atoms with van der Waals surface area (Å²) in [6.45, 7) is 2.68. The molecular formula is C12H13ClN4O2. The fourth-order valence-electron chi connectivity index (χ4n) is 1.65. The summed E-state index contributed by atoms with van der Waals surface area (Å²) in [5.74, 6) is -0.577. The standard InChI is InChI=1S/C12H13ClN4O2/c1-8(6-17-3-2-14-7-17)16-11-10(13)4-9(5-15-11)12(18)19/h2-5,7-8H,6H2,1H3,(H,15,16)(H,18,19). The van der Waals surface area contributed by atoms with Crippen LogP contribution in [0.1, 0.15) is 17.3 Å². The molecule has 7 heteroatoms. The summed E-state index contributed by atoms with van der Waals surface area (Å²) < 4.78 is 1.93. The van der Waals surface area contributed by atoms with E-state index in [0.717, 1.165) is 0 Å². The Morgan fingerprint density at radius 2 is 2.42 bits per heavy atom. The zero-order chi connectivity index (χ0) is 13.8. The third kappa shape index (κ3) is 3.45. The predicted octanol–water partition coefficient (Wildman–Crippen LogP) is 2.13. The van der Waals surface area contributed by atoms with Gasteiger partial charge >= 0.3 is 5.97 Å². The molecule has 0 spiro atoms. The summed E-state index contributed by atoms with van der Waals surface area (Å²) in [6, 6.07) is 1.46. The van der Waals surface area contributed by atoms with Gasteiger partial charge in [0.25, 0.3) is 0 Å². The Labute approximate surface area is 115 Å². The van der Waals surface area contributed by atoms with Gasteiger partial charge in [-0.3, -0.25) is 0 Å². The maximum Gasteiger partial charge on any atom is 0.337 e. The van der Waals surface area contributed by atoms with Gasteiger partial charge in [0.05, 0.1) is 16.9 Å². The number of imidazole rings is 1. The Morgan fingerprint density at radius 1 is 1.63 bits per heavy atom. The number of hydrogen-bond donors (Lipinski definition) is 2. The average Bonchev–Trinajstić information content (AvgIpc) is 2.84. The molecule has 0 bridgehead atoms. The van der Waals surface area contributed by atoms with Gasteiger partial charge in [-0.15, -0.1) is 0 Å². The number of pyridine rings is 1. The summed E-state index contributed by atoms with van der Waals surface area (Å²) in [5, 5.41) is 12.2. The van der Waals surface area contributed by atoms with Crippen molar-refractivity contribution in [3.63, 3.8) is 0 Å².